The van der Waals surface area contributed by atoms with Crippen LogP contribution in [-0.4, -0.2) is 9.97 Å². The molecule has 2 nitrogen and oxygen atoms in total. The zero-order chi connectivity index (χ0) is 11.8. The largest absolute Gasteiger partial charge is 0.341 e. The molecule has 86 valence electrons. The SMILES string of the molecule is Fc1cc(F)c2nc(Cc3cccs3)[nH]c2c1. The maximum atomic E-state index is 13.4. The summed E-state index contributed by atoms with van der Waals surface area (Å²) in [5, 5.41) is 1.97. The number of H-pyrrole nitrogens is 1. The third-order valence-electron chi connectivity index (χ3n) is 2.48. The Balaban J connectivity index is 2.05. The van der Waals surface area contributed by atoms with Crippen molar-refractivity contribution in [2.45, 2.75) is 6.42 Å². The first-order valence-electron chi connectivity index (χ1n) is 5.08. The third-order valence-corrected chi connectivity index (χ3v) is 3.35. The minimum absolute atomic E-state index is 0.193. The number of hydrogen-bond acceptors (Lipinski definition) is 2. The van der Waals surface area contributed by atoms with Crippen molar-refractivity contribution in [1.82, 2.24) is 9.97 Å². The lowest BCUT2D eigenvalue weighted by Gasteiger charge is -1.90. The lowest BCUT2D eigenvalue weighted by Crippen LogP contribution is -1.86. The van der Waals surface area contributed by atoms with Crippen LogP contribution in [0.5, 0.6) is 0 Å². The van der Waals surface area contributed by atoms with Crippen molar-refractivity contribution in [3.05, 3.63) is 52.0 Å². The van der Waals surface area contributed by atoms with Crippen LogP contribution in [0, 0.1) is 11.6 Å². The fraction of sp³-hybridized carbons (Fsp3) is 0.0833. The van der Waals surface area contributed by atoms with Gasteiger partial charge in [-0.15, -0.1) is 11.3 Å². The molecule has 0 unspecified atom stereocenters. The number of nitrogens with one attached hydrogen (secondary N) is 1. The number of aromatic amines is 1. The van der Waals surface area contributed by atoms with E-state index < -0.39 is 11.6 Å². The number of halogens is 2. The molecule has 0 aliphatic heterocycles. The van der Waals surface area contributed by atoms with E-state index in [1.54, 1.807) is 11.3 Å². The molecule has 17 heavy (non-hydrogen) atoms. The molecule has 0 saturated carbocycles. The second kappa shape index (κ2) is 3.92. The van der Waals surface area contributed by atoms with Gasteiger partial charge in [-0.05, 0) is 17.5 Å². The van der Waals surface area contributed by atoms with Crippen molar-refractivity contribution in [3.63, 3.8) is 0 Å². The second-order valence-corrected chi connectivity index (χ2v) is 4.76. The molecule has 0 saturated heterocycles. The molecule has 0 fully saturated rings. The van der Waals surface area contributed by atoms with E-state index in [1.807, 2.05) is 17.5 Å². The van der Waals surface area contributed by atoms with E-state index in [-0.39, 0.29) is 5.52 Å². The van der Waals surface area contributed by atoms with Gasteiger partial charge in [-0.3, -0.25) is 0 Å². The van der Waals surface area contributed by atoms with Gasteiger partial charge in [0.25, 0.3) is 0 Å². The van der Waals surface area contributed by atoms with Crippen molar-refractivity contribution in [3.8, 4) is 0 Å². The molecule has 5 heteroatoms. The highest BCUT2D eigenvalue weighted by atomic mass is 32.1. The van der Waals surface area contributed by atoms with Crippen LogP contribution < -0.4 is 0 Å². The maximum absolute atomic E-state index is 13.4. The summed E-state index contributed by atoms with van der Waals surface area (Å²) >= 11 is 1.61. The van der Waals surface area contributed by atoms with Crippen LogP contribution >= 0.6 is 11.3 Å². The van der Waals surface area contributed by atoms with Crippen LogP contribution in [-0.2, 0) is 6.42 Å². The number of benzene rings is 1. The van der Waals surface area contributed by atoms with Gasteiger partial charge in [0, 0.05) is 17.4 Å². The first-order valence-corrected chi connectivity index (χ1v) is 5.96. The van der Waals surface area contributed by atoms with E-state index in [4.69, 9.17) is 0 Å². The number of imidazole rings is 1. The standard InChI is InChI=1S/C12H8F2N2S/c13-7-4-9(14)12-10(5-7)15-11(16-12)6-8-2-1-3-17-8/h1-5H,6H2,(H,15,16). The summed E-state index contributed by atoms with van der Waals surface area (Å²) in [5.41, 5.74) is 0.590. The molecular weight excluding hydrogens is 242 g/mol. The Morgan fingerprint density at radius 2 is 2.18 bits per heavy atom. The highest BCUT2D eigenvalue weighted by Crippen LogP contribution is 2.19. The first-order chi connectivity index (χ1) is 8.22. The lowest BCUT2D eigenvalue weighted by molar-refractivity contribution is 0.590. The van der Waals surface area contributed by atoms with Gasteiger partial charge in [0.1, 0.15) is 17.2 Å². The Kier molecular flexibility index (Phi) is 2.40. The van der Waals surface area contributed by atoms with Crippen LogP contribution in [0.2, 0.25) is 0 Å². The Labute approximate surface area is 99.9 Å². The Morgan fingerprint density at radius 3 is 2.94 bits per heavy atom. The summed E-state index contributed by atoms with van der Waals surface area (Å²) in [6.07, 6.45) is 0.605. The van der Waals surface area contributed by atoms with Crippen molar-refractivity contribution >= 4 is 22.4 Å². The molecule has 3 rings (SSSR count). The quantitative estimate of drug-likeness (QED) is 0.741. The van der Waals surface area contributed by atoms with Crippen LogP contribution in [0.1, 0.15) is 10.7 Å². The summed E-state index contributed by atoms with van der Waals surface area (Å²) in [4.78, 5) is 8.20. The predicted molar refractivity (Wildman–Crippen MR) is 63.1 cm³/mol. The van der Waals surface area contributed by atoms with Gasteiger partial charge in [0.2, 0.25) is 0 Å². The maximum Gasteiger partial charge on any atom is 0.153 e. The minimum atomic E-state index is -0.631. The summed E-state index contributed by atoms with van der Waals surface area (Å²) in [7, 11) is 0. The van der Waals surface area contributed by atoms with Crippen LogP contribution in [0.3, 0.4) is 0 Å². The van der Waals surface area contributed by atoms with E-state index in [2.05, 4.69) is 9.97 Å². The molecule has 0 aliphatic carbocycles. The molecule has 0 radical (unpaired) electrons. The molecule has 3 aromatic rings. The number of fused-ring (bicyclic) bond motifs is 1. The van der Waals surface area contributed by atoms with E-state index in [9.17, 15) is 8.78 Å². The minimum Gasteiger partial charge on any atom is -0.341 e. The number of rotatable bonds is 2. The highest BCUT2D eigenvalue weighted by Gasteiger charge is 2.10. The van der Waals surface area contributed by atoms with Gasteiger partial charge < -0.3 is 4.98 Å². The average molecular weight is 250 g/mol. The second-order valence-electron chi connectivity index (χ2n) is 3.72. The first kappa shape index (κ1) is 10.4. The average Bonchev–Trinajstić information content (AvgIpc) is 2.87. The molecule has 0 bridgehead atoms. The van der Waals surface area contributed by atoms with Crippen molar-refractivity contribution < 1.29 is 8.78 Å². The molecule has 0 atom stereocenters. The summed E-state index contributed by atoms with van der Waals surface area (Å²) in [6.45, 7) is 0. The van der Waals surface area contributed by atoms with Gasteiger partial charge in [0.05, 0.1) is 5.52 Å². The van der Waals surface area contributed by atoms with Crippen LogP contribution in [0.15, 0.2) is 29.6 Å². The summed E-state index contributed by atoms with van der Waals surface area (Å²) < 4.78 is 26.4. The number of thiophene rings is 1. The monoisotopic (exact) mass is 250 g/mol. The van der Waals surface area contributed by atoms with Gasteiger partial charge in [0.15, 0.2) is 5.82 Å². The predicted octanol–water partition coefficient (Wildman–Crippen LogP) is 3.49. The summed E-state index contributed by atoms with van der Waals surface area (Å²) in [5.74, 6) is -0.582. The molecule has 1 aromatic carbocycles. The topological polar surface area (TPSA) is 28.7 Å². The third kappa shape index (κ3) is 1.93. The molecule has 1 N–H and O–H groups in total. The Bertz CT molecular complexity index is 659. The number of nitrogens with zero attached hydrogens (tertiary/aromatic N) is 1. The number of hydrogen-bond donors (Lipinski definition) is 1. The fourth-order valence-corrected chi connectivity index (χ4v) is 2.46. The van der Waals surface area contributed by atoms with Crippen molar-refractivity contribution in [2.24, 2.45) is 0 Å². The zero-order valence-electron chi connectivity index (χ0n) is 8.71. The highest BCUT2D eigenvalue weighted by molar-refractivity contribution is 7.09. The molecular formula is C12H8F2N2S. The summed E-state index contributed by atoms with van der Waals surface area (Å²) in [6, 6.07) is 6.03. The molecule has 2 heterocycles. The molecule has 0 aliphatic rings. The van der Waals surface area contributed by atoms with Crippen molar-refractivity contribution in [1.29, 1.82) is 0 Å². The normalized spacial score (nSPS) is 11.2. The Hall–Kier alpha value is -1.75. The van der Waals surface area contributed by atoms with Crippen LogP contribution in [0.4, 0.5) is 8.78 Å². The fourth-order valence-electron chi connectivity index (χ4n) is 1.76. The zero-order valence-corrected chi connectivity index (χ0v) is 9.52. The number of aromatic nitrogens is 2. The molecule has 0 amide bonds. The van der Waals surface area contributed by atoms with E-state index in [0.29, 0.717) is 17.8 Å². The lowest BCUT2D eigenvalue weighted by atomic mass is 10.3. The van der Waals surface area contributed by atoms with Gasteiger partial charge in [-0.1, -0.05) is 6.07 Å². The van der Waals surface area contributed by atoms with Gasteiger partial charge in [-0.25, -0.2) is 13.8 Å². The van der Waals surface area contributed by atoms with Crippen LogP contribution in [0.25, 0.3) is 11.0 Å². The van der Waals surface area contributed by atoms with Gasteiger partial charge in [-0.2, -0.15) is 0 Å². The van der Waals surface area contributed by atoms with Crippen molar-refractivity contribution in [2.75, 3.05) is 0 Å². The smallest absolute Gasteiger partial charge is 0.153 e. The molecule has 0 spiro atoms. The van der Waals surface area contributed by atoms with E-state index >= 15 is 0 Å². The Morgan fingerprint density at radius 1 is 1.29 bits per heavy atom. The van der Waals surface area contributed by atoms with E-state index in [0.717, 1.165) is 10.9 Å². The van der Waals surface area contributed by atoms with E-state index in [1.165, 1.54) is 6.07 Å². The van der Waals surface area contributed by atoms with Gasteiger partial charge >= 0.3 is 0 Å². The molecule has 2 aromatic heterocycles.